The highest BCUT2D eigenvalue weighted by atomic mass is 16.3. The molecule has 0 bridgehead atoms. The van der Waals surface area contributed by atoms with E-state index in [4.69, 9.17) is 0 Å². The second kappa shape index (κ2) is 6.93. The molecule has 0 saturated carbocycles. The fourth-order valence-corrected chi connectivity index (χ4v) is 3.63. The Hall–Kier alpha value is -4.33. The predicted molar refractivity (Wildman–Crippen MR) is 109 cm³/mol. The summed E-state index contributed by atoms with van der Waals surface area (Å²) < 4.78 is 0. The maximum Gasteiger partial charge on any atom is 0.302 e. The van der Waals surface area contributed by atoms with Gasteiger partial charge in [0.1, 0.15) is 5.76 Å². The zero-order valence-corrected chi connectivity index (χ0v) is 15.6. The zero-order valence-electron chi connectivity index (χ0n) is 15.6. The van der Waals surface area contributed by atoms with Crippen molar-refractivity contribution in [3.8, 4) is 0 Å². The number of nitrogens with zero attached hydrogens (tertiary/aromatic N) is 4. The number of aromatic amines is 1. The molecule has 1 unspecified atom stereocenters. The van der Waals surface area contributed by atoms with Crippen molar-refractivity contribution < 1.29 is 14.7 Å². The van der Waals surface area contributed by atoms with Gasteiger partial charge in [0.25, 0.3) is 5.78 Å². The molecular formula is C22H15N5O3. The molecule has 4 aromatic rings. The number of H-pyrrole nitrogens is 1. The van der Waals surface area contributed by atoms with E-state index < -0.39 is 17.7 Å². The molecule has 0 radical (unpaired) electrons. The highest BCUT2D eigenvalue weighted by Gasteiger charge is 2.48. The zero-order chi connectivity index (χ0) is 20.7. The van der Waals surface area contributed by atoms with Crippen LogP contribution in [0.3, 0.4) is 0 Å². The number of aromatic nitrogens is 4. The third kappa shape index (κ3) is 2.74. The van der Waals surface area contributed by atoms with Crippen LogP contribution in [0.1, 0.15) is 17.2 Å². The first-order valence-corrected chi connectivity index (χ1v) is 9.21. The highest BCUT2D eigenvalue weighted by Crippen LogP contribution is 2.41. The van der Waals surface area contributed by atoms with Crippen molar-refractivity contribution in [2.24, 2.45) is 0 Å². The lowest BCUT2D eigenvalue weighted by molar-refractivity contribution is -0.132. The summed E-state index contributed by atoms with van der Waals surface area (Å²) in [6, 6.07) is 13.0. The van der Waals surface area contributed by atoms with Gasteiger partial charge in [0.2, 0.25) is 5.95 Å². The molecule has 1 amide bonds. The second-order valence-electron chi connectivity index (χ2n) is 6.76. The van der Waals surface area contributed by atoms with Crippen LogP contribution in [0.5, 0.6) is 0 Å². The molecule has 4 heterocycles. The molecule has 146 valence electrons. The highest BCUT2D eigenvalue weighted by molar-refractivity contribution is 6.51. The largest absolute Gasteiger partial charge is 0.507 e. The Morgan fingerprint density at radius 3 is 2.30 bits per heavy atom. The quantitative estimate of drug-likeness (QED) is 0.312. The molecule has 8 heteroatoms. The third-order valence-electron chi connectivity index (χ3n) is 5.03. The average Bonchev–Trinajstić information content (AvgIpc) is 3.33. The van der Waals surface area contributed by atoms with Crippen molar-refractivity contribution in [2.45, 2.75) is 6.04 Å². The number of anilines is 1. The maximum atomic E-state index is 13.1. The number of benzene rings is 1. The number of carbonyl (C=O) groups is 2. The fourth-order valence-electron chi connectivity index (χ4n) is 3.63. The van der Waals surface area contributed by atoms with Gasteiger partial charge in [0.05, 0.1) is 22.6 Å². The van der Waals surface area contributed by atoms with Crippen LogP contribution in [0.2, 0.25) is 0 Å². The van der Waals surface area contributed by atoms with Crippen LogP contribution in [0.25, 0.3) is 16.8 Å². The number of imidazole rings is 1. The van der Waals surface area contributed by atoms with Crippen LogP contribution in [-0.4, -0.2) is 36.7 Å². The molecular weight excluding hydrogens is 382 g/mol. The van der Waals surface area contributed by atoms with Gasteiger partial charge < -0.3 is 10.1 Å². The lowest BCUT2D eigenvalue weighted by Gasteiger charge is -2.22. The minimum Gasteiger partial charge on any atom is -0.507 e. The van der Waals surface area contributed by atoms with Crippen LogP contribution in [-0.2, 0) is 9.59 Å². The Kier molecular flexibility index (Phi) is 4.10. The summed E-state index contributed by atoms with van der Waals surface area (Å²) >= 11 is 0. The first-order chi connectivity index (χ1) is 14.6. The standard InChI is InChI=1S/C22H15N5O3/c28-19(14-7-11-24-12-8-14)17-18(13-5-9-23-10-6-13)27(21(30)20(17)29)22-25-15-3-1-2-4-16(15)26-22/h1-12,18,28H,(H,25,26)/b19-17+. The number of hydrogen-bond acceptors (Lipinski definition) is 6. The third-order valence-corrected chi connectivity index (χ3v) is 5.03. The van der Waals surface area contributed by atoms with E-state index in [0.717, 1.165) is 5.52 Å². The first kappa shape index (κ1) is 17.7. The van der Waals surface area contributed by atoms with E-state index in [2.05, 4.69) is 19.9 Å². The normalized spacial score (nSPS) is 18.3. The lowest BCUT2D eigenvalue weighted by Crippen LogP contribution is -2.30. The van der Waals surface area contributed by atoms with E-state index in [1.54, 1.807) is 36.7 Å². The Balaban J connectivity index is 1.74. The minimum absolute atomic E-state index is 0.0159. The molecule has 1 saturated heterocycles. The van der Waals surface area contributed by atoms with E-state index in [-0.39, 0.29) is 17.3 Å². The van der Waals surface area contributed by atoms with Gasteiger partial charge in [-0.2, -0.15) is 0 Å². The van der Waals surface area contributed by atoms with Gasteiger partial charge in [-0.25, -0.2) is 4.98 Å². The monoisotopic (exact) mass is 397 g/mol. The number of ketones is 1. The molecule has 0 aliphatic carbocycles. The van der Waals surface area contributed by atoms with E-state index in [9.17, 15) is 14.7 Å². The van der Waals surface area contributed by atoms with Gasteiger partial charge in [0.15, 0.2) is 0 Å². The van der Waals surface area contributed by atoms with Crippen LogP contribution >= 0.6 is 0 Å². The number of carbonyl (C=O) groups excluding carboxylic acids is 2. The summed E-state index contributed by atoms with van der Waals surface area (Å²) in [6.07, 6.45) is 6.15. The van der Waals surface area contributed by atoms with E-state index in [0.29, 0.717) is 16.6 Å². The van der Waals surface area contributed by atoms with Crippen molar-refractivity contribution in [3.05, 3.63) is 90.0 Å². The number of rotatable bonds is 3. The van der Waals surface area contributed by atoms with Crippen LogP contribution in [0.15, 0.2) is 78.9 Å². The van der Waals surface area contributed by atoms with Crippen molar-refractivity contribution in [2.75, 3.05) is 4.90 Å². The minimum atomic E-state index is -0.860. The number of para-hydroxylation sites is 2. The second-order valence-corrected chi connectivity index (χ2v) is 6.76. The summed E-state index contributed by atoms with van der Waals surface area (Å²) in [5.41, 5.74) is 2.40. The number of aliphatic hydroxyl groups is 1. The number of amides is 1. The van der Waals surface area contributed by atoms with Crippen molar-refractivity contribution in [1.29, 1.82) is 0 Å². The number of hydrogen-bond donors (Lipinski definition) is 2. The Labute approximate surface area is 170 Å². The molecule has 1 aliphatic heterocycles. The Bertz CT molecular complexity index is 1270. The van der Waals surface area contributed by atoms with Crippen molar-refractivity contribution in [3.63, 3.8) is 0 Å². The average molecular weight is 397 g/mol. The van der Waals surface area contributed by atoms with E-state index in [1.807, 2.05) is 24.3 Å². The summed E-state index contributed by atoms with van der Waals surface area (Å²) in [4.78, 5) is 42.9. The molecule has 30 heavy (non-hydrogen) atoms. The summed E-state index contributed by atoms with van der Waals surface area (Å²) in [5, 5.41) is 11.0. The molecule has 0 spiro atoms. The van der Waals surface area contributed by atoms with Crippen molar-refractivity contribution in [1.82, 2.24) is 19.9 Å². The molecule has 3 aromatic heterocycles. The van der Waals surface area contributed by atoms with Gasteiger partial charge in [-0.05, 0) is 42.0 Å². The van der Waals surface area contributed by atoms with Crippen molar-refractivity contribution >= 4 is 34.4 Å². The Morgan fingerprint density at radius 2 is 1.60 bits per heavy atom. The fraction of sp³-hybridized carbons (Fsp3) is 0.0455. The maximum absolute atomic E-state index is 13.1. The van der Waals surface area contributed by atoms with E-state index >= 15 is 0 Å². The summed E-state index contributed by atoms with van der Waals surface area (Å²) in [6.45, 7) is 0. The lowest BCUT2D eigenvalue weighted by atomic mass is 9.96. The van der Waals surface area contributed by atoms with Gasteiger partial charge in [-0.15, -0.1) is 0 Å². The number of aliphatic hydroxyl groups excluding tert-OH is 1. The molecule has 8 nitrogen and oxygen atoms in total. The summed E-state index contributed by atoms with van der Waals surface area (Å²) in [5.74, 6) is -1.59. The SMILES string of the molecule is O=C1C(=O)N(c2nc3ccccc3[nH]2)C(c2ccncc2)/C1=C(\O)c1ccncc1. The first-order valence-electron chi connectivity index (χ1n) is 9.21. The molecule has 1 aromatic carbocycles. The molecule has 1 atom stereocenters. The van der Waals surface area contributed by atoms with Gasteiger partial charge in [0, 0.05) is 30.4 Å². The molecule has 1 aliphatic rings. The molecule has 1 fully saturated rings. The predicted octanol–water partition coefficient (Wildman–Crippen LogP) is 2.98. The summed E-state index contributed by atoms with van der Waals surface area (Å²) in [7, 11) is 0. The van der Waals surface area contributed by atoms with Crippen LogP contribution < -0.4 is 4.90 Å². The number of pyridine rings is 2. The number of fused-ring (bicyclic) bond motifs is 1. The van der Waals surface area contributed by atoms with Gasteiger partial charge >= 0.3 is 5.91 Å². The van der Waals surface area contributed by atoms with Gasteiger partial charge in [-0.1, -0.05) is 12.1 Å². The van der Waals surface area contributed by atoms with E-state index in [1.165, 1.54) is 17.3 Å². The molecule has 5 rings (SSSR count). The Morgan fingerprint density at radius 1 is 0.933 bits per heavy atom. The van der Waals surface area contributed by atoms with Gasteiger partial charge in [-0.3, -0.25) is 24.5 Å². The van der Waals surface area contributed by atoms with Crippen LogP contribution in [0.4, 0.5) is 5.95 Å². The smallest absolute Gasteiger partial charge is 0.302 e. The molecule has 2 N–H and O–H groups in total. The van der Waals surface area contributed by atoms with Crippen LogP contribution in [0, 0.1) is 0 Å². The topological polar surface area (TPSA) is 112 Å². The number of Topliss-reactive ketones (excluding diaryl/α,β-unsaturated/α-hetero) is 1. The number of nitrogens with one attached hydrogen (secondary N) is 1.